The number of carbonyl (C=O) groups excluding carboxylic acids is 2. The van der Waals surface area contributed by atoms with E-state index in [1.807, 2.05) is 32.9 Å². The molecule has 5 heteroatoms. The molecule has 0 saturated heterocycles. The summed E-state index contributed by atoms with van der Waals surface area (Å²) in [6.45, 7) is 6.02. The molecule has 1 rings (SSSR count). The number of hydrogen-bond acceptors (Lipinski definition) is 3. The number of aliphatic carboxylic acids is 1. The smallest absolute Gasteiger partial charge is 0.247 e. The van der Waals surface area contributed by atoms with E-state index in [2.05, 4.69) is 0 Å². The number of carbonyl (C=O) groups is 2. The zero-order valence-electron chi connectivity index (χ0n) is 11.7. The van der Waals surface area contributed by atoms with E-state index < -0.39 is 11.5 Å². The number of halogens is 1. The summed E-state index contributed by atoms with van der Waals surface area (Å²) in [4.78, 5) is 24.1. The first-order valence-corrected chi connectivity index (χ1v) is 6.53. The van der Waals surface area contributed by atoms with Crippen LogP contribution in [0.4, 0.5) is 0 Å². The molecule has 0 bridgehead atoms. The Morgan fingerprint density at radius 2 is 1.75 bits per heavy atom. The highest BCUT2D eigenvalue weighted by atomic mass is 35.5. The van der Waals surface area contributed by atoms with Crippen LogP contribution in [0.2, 0.25) is 5.02 Å². The van der Waals surface area contributed by atoms with E-state index in [9.17, 15) is 14.7 Å². The van der Waals surface area contributed by atoms with Gasteiger partial charge in [-0.25, -0.2) is 0 Å². The van der Waals surface area contributed by atoms with Gasteiger partial charge in [0.25, 0.3) is 0 Å². The molecule has 1 aromatic rings. The Morgan fingerprint density at radius 1 is 1.20 bits per heavy atom. The van der Waals surface area contributed by atoms with Crippen LogP contribution in [-0.2, 0) is 16.1 Å². The Kier molecular flexibility index (Phi) is 5.34. The molecule has 108 valence electrons. The van der Waals surface area contributed by atoms with Gasteiger partial charge in [-0.05, 0) is 44.5 Å². The van der Waals surface area contributed by atoms with Gasteiger partial charge in [0.2, 0.25) is 5.91 Å². The Balaban J connectivity index is 2.93. The fraction of sp³-hybridized carbons (Fsp3) is 0.333. The molecule has 0 fully saturated rings. The van der Waals surface area contributed by atoms with Crippen LogP contribution >= 0.6 is 11.6 Å². The van der Waals surface area contributed by atoms with Crippen molar-refractivity contribution in [2.45, 2.75) is 32.9 Å². The minimum Gasteiger partial charge on any atom is -0.545 e. The van der Waals surface area contributed by atoms with Crippen LogP contribution in [0.25, 0.3) is 0 Å². The van der Waals surface area contributed by atoms with Gasteiger partial charge < -0.3 is 14.8 Å². The molecule has 0 aliphatic carbocycles. The van der Waals surface area contributed by atoms with E-state index in [1.165, 1.54) is 0 Å². The Morgan fingerprint density at radius 3 is 2.20 bits per heavy atom. The molecule has 0 unspecified atom stereocenters. The third kappa shape index (κ3) is 5.05. The highest BCUT2D eigenvalue weighted by molar-refractivity contribution is 6.30. The van der Waals surface area contributed by atoms with E-state index in [1.54, 1.807) is 17.0 Å². The number of benzene rings is 1. The average Bonchev–Trinajstić information content (AvgIpc) is 2.33. The summed E-state index contributed by atoms with van der Waals surface area (Å²) in [7, 11) is 0. The molecule has 0 aliphatic heterocycles. The summed E-state index contributed by atoms with van der Waals surface area (Å²) in [5.41, 5.74) is 0.479. The predicted octanol–water partition coefficient (Wildman–Crippen LogP) is 1.77. The maximum absolute atomic E-state index is 12.1. The molecule has 0 N–H and O–H groups in total. The summed E-state index contributed by atoms with van der Waals surface area (Å²) >= 11 is 5.82. The van der Waals surface area contributed by atoms with Crippen LogP contribution in [0, 0.1) is 0 Å². The molecule has 0 heterocycles. The molecule has 0 spiro atoms. The zero-order valence-corrected chi connectivity index (χ0v) is 12.5. The van der Waals surface area contributed by atoms with Crippen molar-refractivity contribution in [2.75, 3.05) is 0 Å². The van der Waals surface area contributed by atoms with E-state index in [4.69, 9.17) is 11.6 Å². The average molecular weight is 295 g/mol. The van der Waals surface area contributed by atoms with Gasteiger partial charge in [-0.1, -0.05) is 23.7 Å². The summed E-state index contributed by atoms with van der Waals surface area (Å²) in [6, 6.07) is 7.16. The quantitative estimate of drug-likeness (QED) is 0.795. The first-order chi connectivity index (χ1) is 9.20. The topological polar surface area (TPSA) is 60.4 Å². The van der Waals surface area contributed by atoms with Crippen molar-refractivity contribution in [1.29, 1.82) is 0 Å². The fourth-order valence-corrected chi connectivity index (χ4v) is 1.77. The normalized spacial score (nSPS) is 11.6. The van der Waals surface area contributed by atoms with E-state index >= 15 is 0 Å². The number of hydrogen-bond donors (Lipinski definition) is 0. The van der Waals surface area contributed by atoms with E-state index in [0.717, 1.165) is 17.7 Å². The lowest BCUT2D eigenvalue weighted by atomic mass is 10.0. The van der Waals surface area contributed by atoms with Gasteiger partial charge >= 0.3 is 0 Å². The van der Waals surface area contributed by atoms with Gasteiger partial charge in [0, 0.05) is 23.2 Å². The summed E-state index contributed by atoms with van der Waals surface area (Å²) in [6.07, 6.45) is 1.75. The number of amides is 1. The first-order valence-electron chi connectivity index (χ1n) is 6.15. The van der Waals surface area contributed by atoms with Crippen molar-refractivity contribution in [2.24, 2.45) is 0 Å². The van der Waals surface area contributed by atoms with Crippen LogP contribution in [0.3, 0.4) is 0 Å². The summed E-state index contributed by atoms with van der Waals surface area (Å²) < 4.78 is 0. The molecule has 0 atom stereocenters. The lowest BCUT2D eigenvalue weighted by molar-refractivity contribution is -0.297. The second-order valence-corrected chi connectivity index (χ2v) is 5.81. The number of nitrogens with zero attached hydrogens (tertiary/aromatic N) is 1. The number of rotatable bonds is 4. The van der Waals surface area contributed by atoms with E-state index in [-0.39, 0.29) is 5.91 Å². The highest BCUT2D eigenvalue weighted by Gasteiger charge is 2.24. The first kappa shape index (κ1) is 16.2. The van der Waals surface area contributed by atoms with Gasteiger partial charge in [-0.2, -0.15) is 0 Å². The van der Waals surface area contributed by atoms with Crippen molar-refractivity contribution in [3.8, 4) is 0 Å². The Labute approximate surface area is 123 Å². The summed E-state index contributed by atoms with van der Waals surface area (Å²) in [5, 5.41) is 11.0. The largest absolute Gasteiger partial charge is 0.545 e. The number of carboxylic acids is 1. The van der Waals surface area contributed by atoms with Crippen molar-refractivity contribution < 1.29 is 14.7 Å². The molecule has 20 heavy (non-hydrogen) atoms. The predicted molar refractivity (Wildman–Crippen MR) is 75.9 cm³/mol. The summed E-state index contributed by atoms with van der Waals surface area (Å²) in [5.74, 6) is -1.77. The van der Waals surface area contributed by atoms with Crippen molar-refractivity contribution >= 4 is 23.5 Å². The molecule has 4 nitrogen and oxygen atoms in total. The fourth-order valence-electron chi connectivity index (χ4n) is 1.65. The minimum absolute atomic E-state index is 0.372. The van der Waals surface area contributed by atoms with Crippen molar-refractivity contribution in [3.63, 3.8) is 0 Å². The maximum Gasteiger partial charge on any atom is 0.247 e. The van der Waals surface area contributed by atoms with Crippen LogP contribution in [-0.4, -0.2) is 22.3 Å². The van der Waals surface area contributed by atoms with Gasteiger partial charge in [0.15, 0.2) is 0 Å². The van der Waals surface area contributed by atoms with Gasteiger partial charge in [0.05, 0.1) is 5.97 Å². The highest BCUT2D eigenvalue weighted by Crippen LogP contribution is 2.19. The third-order valence-corrected chi connectivity index (χ3v) is 2.94. The Bertz CT molecular complexity index is 515. The zero-order chi connectivity index (χ0) is 15.3. The van der Waals surface area contributed by atoms with Gasteiger partial charge in [-0.15, -0.1) is 0 Å². The second kappa shape index (κ2) is 6.57. The molecular weight excluding hydrogens is 278 g/mol. The molecule has 0 radical (unpaired) electrons. The molecule has 1 aromatic carbocycles. The minimum atomic E-state index is -1.39. The van der Waals surface area contributed by atoms with Crippen molar-refractivity contribution in [3.05, 3.63) is 47.0 Å². The van der Waals surface area contributed by atoms with Crippen LogP contribution in [0.1, 0.15) is 26.3 Å². The maximum atomic E-state index is 12.1. The molecule has 0 aromatic heterocycles. The lowest BCUT2D eigenvalue weighted by Gasteiger charge is -2.35. The van der Waals surface area contributed by atoms with Crippen LogP contribution in [0.5, 0.6) is 0 Å². The van der Waals surface area contributed by atoms with Gasteiger partial charge in [-0.3, -0.25) is 4.79 Å². The number of carboxylic acid groups (broad SMARTS) is 1. The van der Waals surface area contributed by atoms with Crippen LogP contribution < -0.4 is 5.11 Å². The molecular formula is C15H17ClNO3-. The Hall–Kier alpha value is -1.81. The SMILES string of the molecule is CC(C)(C)N(Cc1ccc(Cl)cc1)C(=O)/C=C/C(=O)[O-]. The molecule has 1 amide bonds. The standard InChI is InChI=1S/C15H18ClNO3/c1-15(2,3)17(13(18)8-9-14(19)20)10-11-4-6-12(16)7-5-11/h4-9H,10H2,1-3H3,(H,19,20)/p-1/b9-8+. The van der Waals surface area contributed by atoms with Gasteiger partial charge in [0.1, 0.15) is 0 Å². The van der Waals surface area contributed by atoms with Crippen LogP contribution in [0.15, 0.2) is 36.4 Å². The molecule has 0 aliphatic rings. The second-order valence-electron chi connectivity index (χ2n) is 5.37. The third-order valence-electron chi connectivity index (χ3n) is 2.69. The monoisotopic (exact) mass is 294 g/mol. The van der Waals surface area contributed by atoms with Crippen molar-refractivity contribution in [1.82, 2.24) is 4.90 Å². The lowest BCUT2D eigenvalue weighted by Crippen LogP contribution is -2.44. The van der Waals surface area contributed by atoms with E-state index in [0.29, 0.717) is 11.6 Å². The molecule has 0 saturated carbocycles.